The van der Waals surface area contributed by atoms with Crippen molar-refractivity contribution in [3.05, 3.63) is 102 Å². The Bertz CT molecular complexity index is 3900. The number of amides is 10. The molecule has 4 aromatic rings. The number of hydrogen-bond donors (Lipinski definition) is 20. The quantitative estimate of drug-likeness (QED) is 0.0117. The largest absolute Gasteiger partial charge is 0.508 e. The minimum atomic E-state index is -1.89. The van der Waals surface area contributed by atoms with E-state index in [0.29, 0.717) is 40.4 Å². The second-order valence-corrected chi connectivity index (χ2v) is 28.7. The van der Waals surface area contributed by atoms with Crippen molar-refractivity contribution < 1.29 is 103 Å². The Morgan fingerprint density at radius 2 is 0.973 bits per heavy atom. The summed E-state index contributed by atoms with van der Waals surface area (Å²) in [4.78, 5) is 203. The van der Waals surface area contributed by atoms with Gasteiger partial charge in [0.15, 0.2) is 5.96 Å². The lowest BCUT2D eigenvalue weighted by Crippen LogP contribution is -2.61. The number of carbonyl (C=O) groups is 14. The van der Waals surface area contributed by atoms with Crippen LogP contribution in [0.5, 0.6) is 5.75 Å². The predicted octanol–water partition coefficient (Wildman–Crippen LogP) is -3.40. The van der Waals surface area contributed by atoms with Gasteiger partial charge in [-0.15, -0.1) is 0 Å². The standard InChI is InChI=1S/C75H107N17O21/c1-43(2)32-52(67(105)87-56(71(109)88-58(41-93)65(76)103)36-47-38-80-50-17-10-9-16-49(47)50)83-68(106)55(35-46-19-21-48(95)22-20-46)84-66(104)51(18-11-25-79-75(77)78)82-73(111)59(42-94)89-70(108)54(34-45-14-7-4-8-15-45)85-69(107)53(33-44-12-5-3-6-13-44)86-72(110)57(37-62(97)98)81-61(96)24-23-60(74(112)113)92-30-28-90(39-63(99)100)26-27-91(29-31-92)40-64(101)102/h4,7-10,14-17,19-22,38,43-44,51-60,80,93-95H,3,5-6,11-13,18,23-37,39-42H2,1-2H3,(H2,76,103)(H,81,96)(H,82,111)(H,83,106)(H,84,104)(H,85,107)(H,86,110)(H,87,105)(H,88,109)(H,89,108)(H,97,98)(H,99,100)(H,101,102)(H,112,113)(H4,77,78,79)/t51-,52+,53+,54+,55+,56+,57+,58+,59-,60?/m1/s1. The van der Waals surface area contributed by atoms with Gasteiger partial charge in [-0.05, 0) is 78.8 Å². The summed E-state index contributed by atoms with van der Waals surface area (Å²) >= 11 is 0. The van der Waals surface area contributed by atoms with Gasteiger partial charge in [0.2, 0.25) is 59.1 Å². The van der Waals surface area contributed by atoms with Crippen LogP contribution in [-0.2, 0) is 86.4 Å². The first-order valence-electron chi connectivity index (χ1n) is 37.5. The number of primary amides is 1. The molecule has 38 nitrogen and oxygen atoms in total. The Balaban J connectivity index is 1.23. The van der Waals surface area contributed by atoms with Crippen LogP contribution in [0, 0.1) is 11.8 Å². The Hall–Kier alpha value is -11.4. The maximum atomic E-state index is 14.9. The molecule has 0 radical (unpaired) electrons. The topological polar surface area (TPSA) is 605 Å². The number of carboxylic acid groups (broad SMARTS) is 4. The van der Waals surface area contributed by atoms with Gasteiger partial charge < -0.3 is 106 Å². The fourth-order valence-corrected chi connectivity index (χ4v) is 13.5. The highest BCUT2D eigenvalue weighted by Crippen LogP contribution is 2.28. The van der Waals surface area contributed by atoms with Crippen molar-refractivity contribution in [2.24, 2.45) is 34.0 Å². The van der Waals surface area contributed by atoms with Gasteiger partial charge in [0, 0.05) is 88.6 Å². The van der Waals surface area contributed by atoms with Gasteiger partial charge in [0.25, 0.3) is 0 Å². The van der Waals surface area contributed by atoms with Crippen molar-refractivity contribution in [3.63, 3.8) is 0 Å². The van der Waals surface area contributed by atoms with Gasteiger partial charge in [-0.3, -0.25) is 86.8 Å². The molecule has 10 atom stereocenters. The monoisotopic (exact) mass is 1580 g/mol. The first kappa shape index (κ1) is 90.5. The molecule has 1 saturated carbocycles. The van der Waals surface area contributed by atoms with Gasteiger partial charge in [0.05, 0.1) is 32.7 Å². The number of nitrogens with one attached hydrogen (secondary N) is 10. The van der Waals surface area contributed by atoms with E-state index >= 15 is 0 Å². The van der Waals surface area contributed by atoms with E-state index in [-0.39, 0.29) is 114 Å². The molecule has 0 bridgehead atoms. The molecule has 1 unspecified atom stereocenters. The van der Waals surface area contributed by atoms with Crippen LogP contribution in [0.3, 0.4) is 0 Å². The molecule has 1 aliphatic carbocycles. The molecule has 1 saturated heterocycles. The Labute approximate surface area is 651 Å². The lowest BCUT2D eigenvalue weighted by Gasteiger charge is -2.31. The molecule has 1 aromatic heterocycles. The SMILES string of the molecule is CC(C)C[C@H](NC(=O)[C@H](Cc1ccc(O)cc1)NC(=O)[C@@H](CCCN=C(N)N)NC(=O)[C@@H](CO)NC(=O)[C@H](Cc1ccccc1)NC(=O)[C@H](CC1CCCCC1)NC(=O)[C@H](CC(=O)O)NC(=O)CCC(C(=O)O)N1CCN(CC(=O)O)CCN(CC(=O)O)CC1)C(=O)N[C@@H](Cc1c[nH]c2ccccc12)C(=O)N[C@@H](CO)C(N)=O. The number of phenolic OH excluding ortho intramolecular Hbond substituents is 1. The van der Waals surface area contributed by atoms with E-state index in [1.54, 1.807) is 74.6 Å². The van der Waals surface area contributed by atoms with Crippen LogP contribution in [0.4, 0.5) is 0 Å². The highest BCUT2D eigenvalue weighted by Gasteiger charge is 2.38. The van der Waals surface area contributed by atoms with E-state index in [9.17, 15) is 103 Å². The Kier molecular flexibility index (Phi) is 36.7. The summed E-state index contributed by atoms with van der Waals surface area (Å²) in [6.45, 7) is 1.03. The lowest BCUT2D eigenvalue weighted by atomic mass is 9.84. The molecule has 38 heteroatoms. The summed E-state index contributed by atoms with van der Waals surface area (Å²) in [7, 11) is 0. The molecule has 23 N–H and O–H groups in total. The number of aromatic amines is 1. The molecular formula is C75H107N17O21. The van der Waals surface area contributed by atoms with E-state index in [1.165, 1.54) is 39.0 Å². The minimum absolute atomic E-state index is 0.00273. The highest BCUT2D eigenvalue weighted by molar-refractivity contribution is 5.99. The van der Waals surface area contributed by atoms with E-state index in [0.717, 1.165) is 19.3 Å². The number of aromatic nitrogens is 1. The van der Waals surface area contributed by atoms with Gasteiger partial charge in [-0.2, -0.15) is 0 Å². The molecular weight excluding hydrogens is 1470 g/mol. The molecule has 0 spiro atoms. The van der Waals surface area contributed by atoms with Gasteiger partial charge in [0.1, 0.15) is 66.2 Å². The number of guanidine groups is 1. The van der Waals surface area contributed by atoms with Crippen molar-refractivity contribution >= 4 is 99.8 Å². The summed E-state index contributed by atoms with van der Waals surface area (Å²) in [5, 5.41) is 94.3. The summed E-state index contributed by atoms with van der Waals surface area (Å²) in [6.07, 6.45) is 2.11. The second kappa shape index (κ2) is 45.8. The third-order valence-electron chi connectivity index (χ3n) is 19.4. The van der Waals surface area contributed by atoms with E-state index < -0.39 is 189 Å². The van der Waals surface area contributed by atoms with Crippen LogP contribution in [0.25, 0.3) is 10.9 Å². The summed E-state index contributed by atoms with van der Waals surface area (Å²) in [5.74, 6) is -16.4. The third kappa shape index (κ3) is 31.0. The van der Waals surface area contributed by atoms with Crippen LogP contribution in [0.1, 0.15) is 108 Å². The van der Waals surface area contributed by atoms with Crippen LogP contribution < -0.4 is 65.1 Å². The number of phenols is 1. The molecule has 1 aliphatic heterocycles. The zero-order valence-corrected chi connectivity index (χ0v) is 63.3. The average molecular weight is 1580 g/mol. The maximum Gasteiger partial charge on any atom is 0.320 e. The average Bonchev–Trinajstić information content (AvgIpc) is 1.64. The number of hydrogen-bond acceptors (Lipinski definition) is 21. The molecule has 6 rings (SSSR count). The van der Waals surface area contributed by atoms with Gasteiger partial charge in [-0.25, -0.2) is 0 Å². The van der Waals surface area contributed by atoms with E-state index in [2.05, 4.69) is 57.8 Å². The minimum Gasteiger partial charge on any atom is -0.508 e. The number of para-hydroxylation sites is 1. The molecule has 113 heavy (non-hydrogen) atoms. The number of H-pyrrole nitrogens is 1. The molecule has 618 valence electrons. The van der Waals surface area contributed by atoms with Crippen molar-refractivity contribution in [2.45, 2.75) is 171 Å². The van der Waals surface area contributed by atoms with Crippen LogP contribution >= 0.6 is 0 Å². The second-order valence-electron chi connectivity index (χ2n) is 28.7. The van der Waals surface area contributed by atoms with Crippen LogP contribution in [0.15, 0.2) is 90.1 Å². The number of aliphatic hydroxyl groups excluding tert-OH is 2. The Morgan fingerprint density at radius 3 is 1.51 bits per heavy atom. The van der Waals surface area contributed by atoms with Crippen LogP contribution in [0.2, 0.25) is 0 Å². The molecule has 3 aromatic carbocycles. The number of nitrogens with two attached hydrogens (primary N) is 3. The van der Waals surface area contributed by atoms with E-state index in [4.69, 9.17) is 17.2 Å². The molecule has 2 heterocycles. The smallest absolute Gasteiger partial charge is 0.320 e. The van der Waals surface area contributed by atoms with Crippen molar-refractivity contribution in [2.75, 3.05) is 72.1 Å². The summed E-state index contributed by atoms with van der Waals surface area (Å²) in [6, 6.07) is 4.97. The number of rotatable bonds is 45. The number of nitrogens with zero attached hydrogens (tertiary/aromatic N) is 4. The number of aliphatic imine (C=N–C) groups is 1. The van der Waals surface area contributed by atoms with E-state index in [1.807, 2.05) is 0 Å². The van der Waals surface area contributed by atoms with Crippen molar-refractivity contribution in [3.8, 4) is 5.75 Å². The first-order valence-corrected chi connectivity index (χ1v) is 37.5. The number of carbonyl (C=O) groups excluding carboxylic acids is 10. The number of aromatic hydroxyl groups is 1. The zero-order valence-electron chi connectivity index (χ0n) is 63.3. The van der Waals surface area contributed by atoms with Crippen molar-refractivity contribution in [1.29, 1.82) is 0 Å². The normalized spacial score (nSPS) is 16.5. The summed E-state index contributed by atoms with van der Waals surface area (Å²) < 4.78 is 0. The predicted molar refractivity (Wildman–Crippen MR) is 408 cm³/mol. The van der Waals surface area contributed by atoms with Gasteiger partial charge in [-0.1, -0.05) is 107 Å². The van der Waals surface area contributed by atoms with Crippen molar-refractivity contribution in [1.82, 2.24) is 67.5 Å². The number of fused-ring (bicyclic) bond motifs is 1. The third-order valence-corrected chi connectivity index (χ3v) is 19.4. The number of aliphatic hydroxyl groups is 2. The Morgan fingerprint density at radius 1 is 0.504 bits per heavy atom. The number of benzene rings is 3. The fourth-order valence-electron chi connectivity index (χ4n) is 13.5. The molecule has 2 fully saturated rings. The number of aliphatic carboxylic acids is 4. The zero-order chi connectivity index (χ0) is 82.8. The summed E-state index contributed by atoms with van der Waals surface area (Å²) in [5.41, 5.74) is 18.8. The maximum absolute atomic E-state index is 14.9. The van der Waals surface area contributed by atoms with Gasteiger partial charge >= 0.3 is 23.9 Å². The highest BCUT2D eigenvalue weighted by atomic mass is 16.4. The first-order chi connectivity index (χ1) is 53.8. The number of carboxylic acids is 4. The molecule has 10 amide bonds. The lowest BCUT2D eigenvalue weighted by molar-refractivity contribution is -0.145. The fraction of sp³-hybridized carbons (Fsp3) is 0.533. The molecule has 2 aliphatic rings. The van der Waals surface area contributed by atoms with Crippen LogP contribution in [-0.4, -0.2) is 277 Å².